The first kappa shape index (κ1) is 31.8. The van der Waals surface area contributed by atoms with Crippen molar-refractivity contribution in [2.24, 2.45) is 0 Å². The average molecular weight is 635 g/mol. The second-order valence-corrected chi connectivity index (χ2v) is 13.2. The Morgan fingerprint density at radius 3 is 2.19 bits per heavy atom. The van der Waals surface area contributed by atoms with Crippen molar-refractivity contribution in [2.75, 3.05) is 10.8 Å². The van der Waals surface area contributed by atoms with E-state index in [-0.39, 0.29) is 29.1 Å². The van der Waals surface area contributed by atoms with Gasteiger partial charge in [0.25, 0.3) is 10.0 Å². The summed E-state index contributed by atoms with van der Waals surface area (Å²) in [4.78, 5) is 28.6. The summed E-state index contributed by atoms with van der Waals surface area (Å²) in [7, 11) is -4.39. The molecule has 0 aromatic heterocycles. The van der Waals surface area contributed by atoms with Gasteiger partial charge >= 0.3 is 0 Å². The van der Waals surface area contributed by atoms with Crippen LogP contribution >= 0.6 is 23.2 Å². The van der Waals surface area contributed by atoms with E-state index in [4.69, 9.17) is 23.2 Å². The number of halogens is 3. The van der Waals surface area contributed by atoms with Crippen LogP contribution in [-0.2, 0) is 26.2 Å². The molecule has 11 heteroatoms. The predicted octanol–water partition coefficient (Wildman–Crippen LogP) is 6.50. The molecule has 42 heavy (non-hydrogen) atoms. The molecule has 3 aromatic carbocycles. The van der Waals surface area contributed by atoms with Gasteiger partial charge in [0.2, 0.25) is 11.8 Å². The third-order valence-electron chi connectivity index (χ3n) is 7.52. The summed E-state index contributed by atoms with van der Waals surface area (Å²) in [6.45, 7) is 2.46. The largest absolute Gasteiger partial charge is 0.352 e. The molecule has 1 N–H and O–H groups in total. The highest BCUT2D eigenvalue weighted by Crippen LogP contribution is 2.29. The number of nitrogens with zero attached hydrogens (tertiary/aromatic N) is 2. The topological polar surface area (TPSA) is 86.8 Å². The Morgan fingerprint density at radius 1 is 0.952 bits per heavy atom. The van der Waals surface area contributed by atoms with Crippen molar-refractivity contribution in [3.8, 4) is 0 Å². The summed E-state index contributed by atoms with van der Waals surface area (Å²) in [5.74, 6) is -1.92. The van der Waals surface area contributed by atoms with Gasteiger partial charge in [-0.15, -0.1) is 0 Å². The Hall–Kier alpha value is -3.14. The van der Waals surface area contributed by atoms with Gasteiger partial charge in [-0.3, -0.25) is 13.9 Å². The lowest BCUT2D eigenvalue weighted by Gasteiger charge is -2.33. The molecule has 3 aromatic rings. The van der Waals surface area contributed by atoms with Crippen molar-refractivity contribution in [3.05, 3.63) is 93.7 Å². The molecule has 0 saturated heterocycles. The third-order valence-corrected chi connectivity index (χ3v) is 10.0. The summed E-state index contributed by atoms with van der Waals surface area (Å²) in [5, 5.41) is 3.61. The van der Waals surface area contributed by atoms with Crippen molar-refractivity contribution in [1.82, 2.24) is 10.2 Å². The van der Waals surface area contributed by atoms with Crippen molar-refractivity contribution in [2.45, 2.75) is 69.5 Å². The van der Waals surface area contributed by atoms with Gasteiger partial charge in [0.05, 0.1) is 10.6 Å². The molecular formula is C31H34Cl2FN3O4S. The van der Waals surface area contributed by atoms with Gasteiger partial charge in [0, 0.05) is 28.2 Å². The number of carbonyl (C=O) groups excluding carboxylic acids is 2. The minimum atomic E-state index is -4.39. The molecule has 0 heterocycles. The Morgan fingerprint density at radius 2 is 1.57 bits per heavy atom. The summed E-state index contributed by atoms with van der Waals surface area (Å²) in [6, 6.07) is 15.3. The highest BCUT2D eigenvalue weighted by Gasteiger charge is 2.34. The maximum absolute atomic E-state index is 15.1. The molecule has 1 atom stereocenters. The fourth-order valence-corrected chi connectivity index (χ4v) is 6.95. The zero-order chi connectivity index (χ0) is 30.4. The molecule has 0 unspecified atom stereocenters. The van der Waals surface area contributed by atoms with Crippen LogP contribution in [-0.4, -0.2) is 43.8 Å². The smallest absolute Gasteiger partial charge is 0.264 e. The van der Waals surface area contributed by atoms with Crippen LogP contribution in [0.15, 0.2) is 71.6 Å². The molecule has 224 valence electrons. The lowest BCUT2D eigenvalue weighted by molar-refractivity contribution is -0.139. The number of sulfonamides is 1. The van der Waals surface area contributed by atoms with Gasteiger partial charge in [-0.2, -0.15) is 0 Å². The molecule has 0 bridgehead atoms. The number of amides is 2. The number of nitrogens with one attached hydrogen (secondary N) is 1. The van der Waals surface area contributed by atoms with Crippen LogP contribution in [0.3, 0.4) is 0 Å². The number of anilines is 1. The fourth-order valence-electron chi connectivity index (χ4n) is 5.01. The van der Waals surface area contributed by atoms with Crippen molar-refractivity contribution < 1.29 is 22.4 Å². The summed E-state index contributed by atoms with van der Waals surface area (Å²) < 4.78 is 43.5. The van der Waals surface area contributed by atoms with Crippen LogP contribution in [0.25, 0.3) is 0 Å². The fraction of sp³-hybridized carbons (Fsp3) is 0.355. The monoisotopic (exact) mass is 633 g/mol. The molecule has 0 radical (unpaired) electrons. The summed E-state index contributed by atoms with van der Waals surface area (Å²) in [6.07, 6.45) is 4.81. The van der Waals surface area contributed by atoms with E-state index < -0.39 is 34.3 Å². The van der Waals surface area contributed by atoms with Gasteiger partial charge in [-0.05, 0) is 63.1 Å². The van der Waals surface area contributed by atoms with E-state index in [1.165, 1.54) is 35.2 Å². The summed E-state index contributed by atoms with van der Waals surface area (Å²) in [5.41, 5.74) is 0.954. The van der Waals surface area contributed by atoms with Gasteiger partial charge in [0.1, 0.15) is 18.4 Å². The van der Waals surface area contributed by atoms with Crippen molar-refractivity contribution in [1.29, 1.82) is 0 Å². The van der Waals surface area contributed by atoms with Crippen LogP contribution in [0.5, 0.6) is 0 Å². The number of benzene rings is 3. The van der Waals surface area contributed by atoms with Gasteiger partial charge in [-0.1, -0.05) is 78.4 Å². The lowest BCUT2D eigenvalue weighted by Crippen LogP contribution is -2.53. The van der Waals surface area contributed by atoms with E-state index in [1.54, 1.807) is 37.3 Å². The van der Waals surface area contributed by atoms with Crippen LogP contribution in [0.2, 0.25) is 10.0 Å². The normalized spacial score (nSPS) is 14.7. The molecule has 1 saturated carbocycles. The van der Waals surface area contributed by atoms with Crippen LogP contribution in [0, 0.1) is 12.7 Å². The number of carbonyl (C=O) groups is 2. The first-order valence-electron chi connectivity index (χ1n) is 13.9. The second kappa shape index (κ2) is 13.9. The van der Waals surface area contributed by atoms with Crippen molar-refractivity contribution in [3.63, 3.8) is 0 Å². The Balaban J connectivity index is 1.72. The highest BCUT2D eigenvalue weighted by molar-refractivity contribution is 7.92. The number of para-hydroxylation sites is 1. The number of aryl methyl sites for hydroxylation is 1. The van der Waals surface area contributed by atoms with Crippen LogP contribution in [0.1, 0.15) is 50.2 Å². The van der Waals surface area contributed by atoms with E-state index in [1.807, 2.05) is 6.92 Å². The molecular weight excluding hydrogens is 600 g/mol. The Labute approximate surface area is 256 Å². The molecule has 0 spiro atoms. The van der Waals surface area contributed by atoms with E-state index in [9.17, 15) is 18.0 Å². The molecule has 4 rings (SSSR count). The zero-order valence-corrected chi connectivity index (χ0v) is 25.9. The number of hydrogen-bond acceptors (Lipinski definition) is 4. The Kier molecular flexibility index (Phi) is 10.5. The van der Waals surface area contributed by atoms with E-state index in [0.717, 1.165) is 48.0 Å². The maximum Gasteiger partial charge on any atom is 0.264 e. The molecule has 1 fully saturated rings. The first-order chi connectivity index (χ1) is 20.0. The average Bonchev–Trinajstić information content (AvgIpc) is 2.96. The van der Waals surface area contributed by atoms with Gasteiger partial charge in [0.15, 0.2) is 0 Å². The summed E-state index contributed by atoms with van der Waals surface area (Å²) >= 11 is 12.9. The zero-order valence-electron chi connectivity index (χ0n) is 23.5. The van der Waals surface area contributed by atoms with E-state index >= 15 is 4.39 Å². The quantitative estimate of drug-likeness (QED) is 0.276. The number of rotatable bonds is 10. The molecule has 7 nitrogen and oxygen atoms in total. The number of hydrogen-bond donors (Lipinski definition) is 1. The van der Waals surface area contributed by atoms with Crippen LogP contribution < -0.4 is 9.62 Å². The molecule has 1 aliphatic carbocycles. The standard InChI is InChI=1S/C31H34Cl2FN3O4S/c1-21-15-17-24(18-16-21)42(40,41)37(29-14-7-6-13-28(29)34)20-30(38)36(19-25-26(32)11-8-12-27(25)33)22(2)31(39)35-23-9-4-3-5-10-23/h6-8,11-18,22-23H,3-5,9-10,19-20H2,1-2H3,(H,35,39)/t22-/m0/s1. The van der Waals surface area contributed by atoms with Gasteiger partial charge < -0.3 is 10.2 Å². The minimum absolute atomic E-state index is 0.00798. The first-order valence-corrected chi connectivity index (χ1v) is 16.1. The highest BCUT2D eigenvalue weighted by atomic mass is 35.5. The van der Waals surface area contributed by atoms with Gasteiger partial charge in [-0.25, -0.2) is 12.8 Å². The third kappa shape index (κ3) is 7.43. The second-order valence-electron chi connectivity index (χ2n) is 10.5. The Bertz CT molecular complexity index is 1510. The molecule has 2 amide bonds. The van der Waals surface area contributed by atoms with E-state index in [0.29, 0.717) is 15.6 Å². The lowest BCUT2D eigenvalue weighted by atomic mass is 9.95. The van der Waals surface area contributed by atoms with Crippen molar-refractivity contribution >= 4 is 50.7 Å². The SMILES string of the molecule is Cc1ccc(S(=O)(=O)N(CC(=O)N(Cc2c(Cl)cccc2Cl)[C@@H](C)C(=O)NC2CCCCC2)c2ccccc2F)cc1. The maximum atomic E-state index is 15.1. The minimum Gasteiger partial charge on any atom is -0.352 e. The van der Waals surface area contributed by atoms with E-state index in [2.05, 4.69) is 5.32 Å². The van der Waals surface area contributed by atoms with Crippen LogP contribution in [0.4, 0.5) is 10.1 Å². The molecule has 1 aliphatic rings. The predicted molar refractivity (Wildman–Crippen MR) is 164 cm³/mol. The molecule has 0 aliphatic heterocycles.